The van der Waals surface area contributed by atoms with E-state index in [2.05, 4.69) is 20.7 Å². The fourth-order valence-electron chi connectivity index (χ4n) is 4.80. The van der Waals surface area contributed by atoms with E-state index in [1.807, 2.05) is 57.2 Å². The second kappa shape index (κ2) is 10.3. The van der Waals surface area contributed by atoms with Gasteiger partial charge in [0.15, 0.2) is 0 Å². The lowest BCUT2D eigenvalue weighted by Crippen LogP contribution is -2.47. The topological polar surface area (TPSA) is 91.0 Å². The van der Waals surface area contributed by atoms with Crippen LogP contribution < -0.4 is 5.32 Å². The molecular formula is C26H29F2N5O2. The van der Waals surface area contributed by atoms with Crippen molar-refractivity contribution in [2.75, 3.05) is 6.54 Å². The summed E-state index contributed by atoms with van der Waals surface area (Å²) in [6, 6.07) is 10.9. The molecule has 2 N–H and O–H groups in total. The molecule has 7 nitrogen and oxygen atoms in total. The predicted molar refractivity (Wildman–Crippen MR) is 127 cm³/mol. The molecule has 2 heterocycles. The van der Waals surface area contributed by atoms with E-state index in [1.54, 1.807) is 0 Å². The van der Waals surface area contributed by atoms with Crippen LogP contribution in [0.5, 0.6) is 0 Å². The normalized spacial score (nSPS) is 18.6. The van der Waals surface area contributed by atoms with Gasteiger partial charge in [0.25, 0.3) is 0 Å². The van der Waals surface area contributed by atoms with Crippen molar-refractivity contribution < 1.29 is 18.4 Å². The van der Waals surface area contributed by atoms with E-state index < -0.39 is 30.1 Å². The van der Waals surface area contributed by atoms with Gasteiger partial charge in [-0.3, -0.25) is 9.59 Å². The summed E-state index contributed by atoms with van der Waals surface area (Å²) < 4.78 is 29.4. The maximum absolute atomic E-state index is 15.0. The SMILES string of the molecule is Cc1cc(C(NC(=O)C2CC(F)CN2C(=O)Cc2cn[nH]n2)c2ccccc2)cc(F)c1C(C)C. The highest BCUT2D eigenvalue weighted by atomic mass is 19.1. The number of carbonyl (C=O) groups excluding carboxylic acids is 2. The number of nitrogens with one attached hydrogen (secondary N) is 2. The van der Waals surface area contributed by atoms with Gasteiger partial charge in [0, 0.05) is 6.42 Å². The van der Waals surface area contributed by atoms with Crippen LogP contribution >= 0.6 is 0 Å². The van der Waals surface area contributed by atoms with Crippen molar-refractivity contribution in [3.63, 3.8) is 0 Å². The first-order chi connectivity index (χ1) is 16.7. The number of rotatable bonds is 7. The highest BCUT2D eigenvalue weighted by Gasteiger charge is 2.40. The Kier molecular flexibility index (Phi) is 7.23. The summed E-state index contributed by atoms with van der Waals surface area (Å²) in [5.41, 5.74) is 3.17. The smallest absolute Gasteiger partial charge is 0.243 e. The molecule has 2 aromatic carbocycles. The van der Waals surface area contributed by atoms with Crippen LogP contribution in [-0.4, -0.2) is 50.9 Å². The number of hydrogen-bond acceptors (Lipinski definition) is 4. The number of aromatic nitrogens is 3. The second-order valence-corrected chi connectivity index (χ2v) is 9.27. The van der Waals surface area contributed by atoms with Gasteiger partial charge in [-0.05, 0) is 41.2 Å². The third-order valence-corrected chi connectivity index (χ3v) is 6.36. The van der Waals surface area contributed by atoms with Crippen molar-refractivity contribution >= 4 is 11.8 Å². The molecular weight excluding hydrogens is 452 g/mol. The fraction of sp³-hybridized carbons (Fsp3) is 0.385. The molecule has 0 bridgehead atoms. The van der Waals surface area contributed by atoms with Crippen molar-refractivity contribution in [3.05, 3.63) is 82.4 Å². The number of benzene rings is 2. The van der Waals surface area contributed by atoms with E-state index >= 15 is 4.39 Å². The van der Waals surface area contributed by atoms with Gasteiger partial charge in [0.05, 0.1) is 30.9 Å². The molecule has 35 heavy (non-hydrogen) atoms. The molecule has 1 aromatic heterocycles. The summed E-state index contributed by atoms with van der Waals surface area (Å²) in [4.78, 5) is 27.5. The molecule has 0 radical (unpaired) electrons. The Bertz CT molecular complexity index is 1160. The highest BCUT2D eigenvalue weighted by Crippen LogP contribution is 2.30. The summed E-state index contributed by atoms with van der Waals surface area (Å²) in [7, 11) is 0. The second-order valence-electron chi connectivity index (χ2n) is 9.27. The number of aromatic amines is 1. The molecule has 184 valence electrons. The monoisotopic (exact) mass is 481 g/mol. The number of likely N-dealkylation sites (tertiary alicyclic amines) is 1. The minimum atomic E-state index is -1.31. The maximum atomic E-state index is 15.0. The average Bonchev–Trinajstić information content (AvgIpc) is 3.46. The summed E-state index contributed by atoms with van der Waals surface area (Å²) >= 11 is 0. The number of hydrogen-bond donors (Lipinski definition) is 2. The van der Waals surface area contributed by atoms with E-state index in [0.29, 0.717) is 16.8 Å². The zero-order valence-corrected chi connectivity index (χ0v) is 20.0. The van der Waals surface area contributed by atoms with Crippen LogP contribution in [-0.2, 0) is 16.0 Å². The third kappa shape index (κ3) is 5.39. The van der Waals surface area contributed by atoms with Crippen molar-refractivity contribution in [1.29, 1.82) is 0 Å². The Labute approximate surface area is 202 Å². The third-order valence-electron chi connectivity index (χ3n) is 6.36. The first kappa shape index (κ1) is 24.5. The number of halogens is 2. The van der Waals surface area contributed by atoms with Crippen LogP contribution in [0.4, 0.5) is 8.78 Å². The minimum Gasteiger partial charge on any atom is -0.343 e. The molecule has 1 aliphatic rings. The lowest BCUT2D eigenvalue weighted by molar-refractivity contribution is -0.138. The lowest BCUT2D eigenvalue weighted by Gasteiger charge is -2.27. The fourth-order valence-corrected chi connectivity index (χ4v) is 4.80. The Morgan fingerprint density at radius 1 is 1.20 bits per heavy atom. The quantitative estimate of drug-likeness (QED) is 0.538. The average molecular weight is 482 g/mol. The van der Waals surface area contributed by atoms with Gasteiger partial charge in [0.1, 0.15) is 18.0 Å². The van der Waals surface area contributed by atoms with Crippen LogP contribution in [0.3, 0.4) is 0 Å². The van der Waals surface area contributed by atoms with Crippen molar-refractivity contribution in [2.45, 2.75) is 57.8 Å². The molecule has 3 atom stereocenters. The van der Waals surface area contributed by atoms with Gasteiger partial charge in [-0.1, -0.05) is 50.2 Å². The zero-order valence-electron chi connectivity index (χ0n) is 20.0. The Balaban J connectivity index is 1.62. The molecule has 1 fully saturated rings. The molecule has 0 aliphatic carbocycles. The molecule has 0 saturated carbocycles. The maximum Gasteiger partial charge on any atom is 0.243 e. The summed E-state index contributed by atoms with van der Waals surface area (Å²) in [5, 5.41) is 12.9. The number of H-pyrrole nitrogens is 1. The summed E-state index contributed by atoms with van der Waals surface area (Å²) in [6.07, 6.45) is -0.0837. The molecule has 2 amide bonds. The van der Waals surface area contributed by atoms with E-state index in [9.17, 15) is 14.0 Å². The van der Waals surface area contributed by atoms with Crippen LogP contribution in [0.1, 0.15) is 60.2 Å². The molecule has 3 unspecified atom stereocenters. The molecule has 9 heteroatoms. The first-order valence-corrected chi connectivity index (χ1v) is 11.7. The molecule has 0 spiro atoms. The molecule has 1 saturated heterocycles. The van der Waals surface area contributed by atoms with E-state index in [1.165, 1.54) is 17.2 Å². The highest BCUT2D eigenvalue weighted by molar-refractivity contribution is 5.89. The number of aryl methyl sites for hydroxylation is 1. The Morgan fingerprint density at radius 2 is 1.94 bits per heavy atom. The van der Waals surface area contributed by atoms with Gasteiger partial charge in [-0.15, -0.1) is 0 Å². The molecule has 4 rings (SSSR count). The van der Waals surface area contributed by atoms with Crippen LogP contribution in [0.25, 0.3) is 0 Å². The van der Waals surface area contributed by atoms with Crippen LogP contribution in [0.15, 0.2) is 48.7 Å². The molecule has 1 aliphatic heterocycles. The van der Waals surface area contributed by atoms with Crippen molar-refractivity contribution in [1.82, 2.24) is 25.6 Å². The van der Waals surface area contributed by atoms with Crippen molar-refractivity contribution in [2.24, 2.45) is 0 Å². The largest absolute Gasteiger partial charge is 0.343 e. The predicted octanol–water partition coefficient (Wildman–Crippen LogP) is 3.76. The Morgan fingerprint density at radius 3 is 2.57 bits per heavy atom. The number of carbonyl (C=O) groups is 2. The van der Waals surface area contributed by atoms with Crippen LogP contribution in [0.2, 0.25) is 0 Å². The van der Waals surface area contributed by atoms with Gasteiger partial charge in [0.2, 0.25) is 11.8 Å². The first-order valence-electron chi connectivity index (χ1n) is 11.7. The van der Waals surface area contributed by atoms with Crippen LogP contribution in [0, 0.1) is 12.7 Å². The zero-order chi connectivity index (χ0) is 25.1. The van der Waals surface area contributed by atoms with Gasteiger partial charge in [-0.2, -0.15) is 15.4 Å². The Hall–Kier alpha value is -3.62. The number of nitrogens with zero attached hydrogens (tertiary/aromatic N) is 3. The van der Waals surface area contributed by atoms with E-state index in [4.69, 9.17) is 0 Å². The van der Waals surface area contributed by atoms with E-state index in [-0.39, 0.29) is 31.1 Å². The lowest BCUT2D eigenvalue weighted by atomic mass is 9.91. The van der Waals surface area contributed by atoms with Crippen molar-refractivity contribution in [3.8, 4) is 0 Å². The number of alkyl halides is 1. The molecule has 3 aromatic rings. The standard InChI is InChI=1S/C26H29F2N5O2/c1-15(2)24-16(3)9-18(10-21(24)28)25(17-7-5-4-6-8-17)30-26(35)22-11-19(27)14-33(22)23(34)12-20-13-29-32-31-20/h4-10,13,15,19,22,25H,11-12,14H2,1-3H3,(H,30,35)(H,29,31,32). The van der Waals surface area contributed by atoms with Gasteiger partial charge >= 0.3 is 0 Å². The summed E-state index contributed by atoms with van der Waals surface area (Å²) in [5.74, 6) is -1.21. The number of amides is 2. The van der Waals surface area contributed by atoms with Gasteiger partial charge in [-0.25, -0.2) is 8.78 Å². The minimum absolute atomic E-state index is 0.0121. The summed E-state index contributed by atoms with van der Waals surface area (Å²) in [6.45, 7) is 5.54. The van der Waals surface area contributed by atoms with Gasteiger partial charge < -0.3 is 10.2 Å². The van der Waals surface area contributed by atoms with E-state index in [0.717, 1.165) is 11.1 Å².